The van der Waals surface area contributed by atoms with Gasteiger partial charge in [0.2, 0.25) is 5.88 Å². The van der Waals surface area contributed by atoms with Crippen LogP contribution in [0.2, 0.25) is 5.02 Å². The van der Waals surface area contributed by atoms with E-state index >= 15 is 0 Å². The molecule has 0 spiro atoms. The lowest BCUT2D eigenvalue weighted by molar-refractivity contribution is -0.133. The van der Waals surface area contributed by atoms with Crippen molar-refractivity contribution in [2.45, 2.75) is 25.9 Å². The number of benzene rings is 5. The van der Waals surface area contributed by atoms with Crippen LogP contribution in [-0.4, -0.2) is 12.6 Å². The zero-order valence-corrected chi connectivity index (χ0v) is 25.2. The van der Waals surface area contributed by atoms with E-state index in [9.17, 15) is 10.1 Å². The number of carbonyl (C=O) groups excluding carboxylic acids is 1. The minimum Gasteiger partial charge on any atom is -0.490 e. The molecule has 0 amide bonds. The lowest BCUT2D eigenvalue weighted by Crippen LogP contribution is -2.21. The second-order valence-electron chi connectivity index (χ2n) is 10.4. The number of hydrogen-bond acceptors (Lipinski definition) is 7. The standard InChI is InChI=1S/C37H29ClN2O5/c1-2-42-34-18-25(14-17-32(34)43-22-26-9-4-6-13-31(26)38)36-29-16-15-27(20-33(29)45-37(40)30(36)21-39)44-35(41)19-24-11-7-10-23-8-3-5-12-28(23)24/h3-18,20,36H,2,19,22,40H2,1H3. The SMILES string of the molecule is CCOc1cc(C2C(C#N)=C(N)Oc3cc(OC(=O)Cc4cccc5ccccc45)ccc32)ccc1OCc1ccccc1Cl. The van der Waals surface area contributed by atoms with Crippen molar-refractivity contribution < 1.29 is 23.7 Å². The monoisotopic (exact) mass is 616 g/mol. The largest absolute Gasteiger partial charge is 0.490 e. The normalized spacial score (nSPS) is 13.8. The lowest BCUT2D eigenvalue weighted by Gasteiger charge is -2.27. The van der Waals surface area contributed by atoms with Crippen LogP contribution in [-0.2, 0) is 17.8 Å². The van der Waals surface area contributed by atoms with E-state index in [4.69, 9.17) is 36.3 Å². The molecule has 5 aromatic carbocycles. The van der Waals surface area contributed by atoms with Gasteiger partial charge in [-0.2, -0.15) is 5.26 Å². The molecule has 1 aliphatic heterocycles. The number of halogens is 1. The Bertz CT molecular complexity index is 1970. The molecule has 2 N–H and O–H groups in total. The molecule has 6 rings (SSSR count). The molecule has 1 atom stereocenters. The van der Waals surface area contributed by atoms with E-state index in [1.54, 1.807) is 24.3 Å². The Morgan fingerprint density at radius 2 is 1.69 bits per heavy atom. The van der Waals surface area contributed by atoms with Crippen LogP contribution in [0.15, 0.2) is 115 Å². The van der Waals surface area contributed by atoms with Gasteiger partial charge in [0.15, 0.2) is 11.5 Å². The van der Waals surface area contributed by atoms with Gasteiger partial charge in [-0.3, -0.25) is 4.79 Å². The Balaban J connectivity index is 1.26. The van der Waals surface area contributed by atoms with Gasteiger partial charge in [0.25, 0.3) is 0 Å². The summed E-state index contributed by atoms with van der Waals surface area (Å²) >= 11 is 6.31. The summed E-state index contributed by atoms with van der Waals surface area (Å²) in [6.45, 7) is 2.56. The Morgan fingerprint density at radius 3 is 2.51 bits per heavy atom. The minimum absolute atomic E-state index is 0.0220. The average Bonchev–Trinajstić information content (AvgIpc) is 3.04. The van der Waals surface area contributed by atoms with Crippen molar-refractivity contribution in [2.75, 3.05) is 6.61 Å². The maximum atomic E-state index is 13.0. The molecule has 0 saturated heterocycles. The van der Waals surface area contributed by atoms with E-state index in [0.29, 0.717) is 40.2 Å². The number of hydrogen-bond donors (Lipinski definition) is 1. The zero-order valence-electron chi connectivity index (χ0n) is 24.5. The van der Waals surface area contributed by atoms with Gasteiger partial charge >= 0.3 is 5.97 Å². The highest BCUT2D eigenvalue weighted by Gasteiger charge is 2.32. The summed E-state index contributed by atoms with van der Waals surface area (Å²) in [7, 11) is 0. The molecular weight excluding hydrogens is 588 g/mol. The fourth-order valence-electron chi connectivity index (χ4n) is 5.47. The molecule has 45 heavy (non-hydrogen) atoms. The van der Waals surface area contributed by atoms with Gasteiger partial charge in [-0.25, -0.2) is 0 Å². The molecule has 224 valence electrons. The molecule has 0 bridgehead atoms. The van der Waals surface area contributed by atoms with Gasteiger partial charge in [0.05, 0.1) is 18.9 Å². The van der Waals surface area contributed by atoms with Gasteiger partial charge in [0.1, 0.15) is 29.7 Å². The number of esters is 1. The molecule has 0 fully saturated rings. The molecule has 1 unspecified atom stereocenters. The average molecular weight is 617 g/mol. The molecule has 0 aliphatic carbocycles. The van der Waals surface area contributed by atoms with Crippen molar-refractivity contribution in [1.29, 1.82) is 5.26 Å². The van der Waals surface area contributed by atoms with Crippen LogP contribution in [0.4, 0.5) is 0 Å². The van der Waals surface area contributed by atoms with Crippen molar-refractivity contribution in [3.05, 3.63) is 142 Å². The first-order valence-electron chi connectivity index (χ1n) is 14.5. The lowest BCUT2D eigenvalue weighted by atomic mass is 9.83. The predicted octanol–water partition coefficient (Wildman–Crippen LogP) is 7.84. The van der Waals surface area contributed by atoms with Crippen LogP contribution in [0.3, 0.4) is 0 Å². The van der Waals surface area contributed by atoms with E-state index in [0.717, 1.165) is 27.5 Å². The van der Waals surface area contributed by atoms with Crippen LogP contribution in [0.5, 0.6) is 23.0 Å². The zero-order chi connectivity index (χ0) is 31.3. The number of allylic oxidation sites excluding steroid dienone is 1. The van der Waals surface area contributed by atoms with Crippen LogP contribution in [0.1, 0.15) is 35.1 Å². The molecule has 7 nitrogen and oxygen atoms in total. The molecule has 0 saturated carbocycles. The fraction of sp³-hybridized carbons (Fsp3) is 0.135. The molecule has 8 heteroatoms. The number of nitrogens with two attached hydrogens (primary N) is 1. The topological polar surface area (TPSA) is 104 Å². The predicted molar refractivity (Wildman–Crippen MR) is 172 cm³/mol. The molecule has 1 heterocycles. The molecule has 0 aromatic heterocycles. The summed E-state index contributed by atoms with van der Waals surface area (Å²) in [5.41, 5.74) is 9.69. The van der Waals surface area contributed by atoms with Crippen LogP contribution >= 0.6 is 11.6 Å². The van der Waals surface area contributed by atoms with Crippen molar-refractivity contribution >= 4 is 28.3 Å². The van der Waals surface area contributed by atoms with Crippen LogP contribution < -0.4 is 24.7 Å². The number of ether oxygens (including phenoxy) is 4. The number of carbonyl (C=O) groups is 1. The quantitative estimate of drug-likeness (QED) is 0.133. The van der Waals surface area contributed by atoms with Crippen molar-refractivity contribution in [2.24, 2.45) is 5.73 Å². The van der Waals surface area contributed by atoms with E-state index in [1.807, 2.05) is 85.8 Å². The minimum atomic E-state index is -0.545. The van der Waals surface area contributed by atoms with Crippen LogP contribution in [0, 0.1) is 11.3 Å². The maximum absolute atomic E-state index is 13.0. The number of rotatable bonds is 9. The number of nitrogens with zero attached hydrogens (tertiary/aromatic N) is 1. The third-order valence-corrected chi connectivity index (χ3v) is 7.95. The maximum Gasteiger partial charge on any atom is 0.315 e. The first kappa shape index (κ1) is 29.6. The van der Waals surface area contributed by atoms with E-state index < -0.39 is 11.9 Å². The molecule has 5 aromatic rings. The first-order valence-corrected chi connectivity index (χ1v) is 14.8. The van der Waals surface area contributed by atoms with E-state index in [2.05, 4.69) is 6.07 Å². The molecule has 0 radical (unpaired) electrons. The Labute approximate surface area is 266 Å². The van der Waals surface area contributed by atoms with E-state index in [1.165, 1.54) is 0 Å². The summed E-state index contributed by atoms with van der Waals surface area (Å²) in [5, 5.41) is 12.7. The third-order valence-electron chi connectivity index (χ3n) is 7.58. The highest BCUT2D eigenvalue weighted by atomic mass is 35.5. The summed E-state index contributed by atoms with van der Waals surface area (Å²) in [6, 6.07) is 34.1. The Kier molecular flexibility index (Phi) is 8.58. The van der Waals surface area contributed by atoms with Crippen molar-refractivity contribution in [3.8, 4) is 29.1 Å². The van der Waals surface area contributed by atoms with E-state index in [-0.39, 0.29) is 24.5 Å². The molecule has 1 aliphatic rings. The summed E-state index contributed by atoms with van der Waals surface area (Å²) in [5.74, 6) is 0.783. The van der Waals surface area contributed by atoms with Gasteiger partial charge in [-0.05, 0) is 53.1 Å². The van der Waals surface area contributed by atoms with Crippen molar-refractivity contribution in [1.82, 2.24) is 0 Å². The second-order valence-corrected chi connectivity index (χ2v) is 10.8. The Hall–Kier alpha value is -5.45. The fourth-order valence-corrected chi connectivity index (χ4v) is 5.66. The summed E-state index contributed by atoms with van der Waals surface area (Å²) < 4.78 is 23.6. The first-order chi connectivity index (χ1) is 21.9. The highest BCUT2D eigenvalue weighted by molar-refractivity contribution is 6.31. The third kappa shape index (κ3) is 6.28. The smallest absolute Gasteiger partial charge is 0.315 e. The Morgan fingerprint density at radius 1 is 0.911 bits per heavy atom. The van der Waals surface area contributed by atoms with Gasteiger partial charge in [0, 0.05) is 22.2 Å². The van der Waals surface area contributed by atoms with Crippen LogP contribution in [0.25, 0.3) is 10.8 Å². The number of fused-ring (bicyclic) bond motifs is 2. The molecular formula is C37H29ClN2O5. The second kappa shape index (κ2) is 13.0. The van der Waals surface area contributed by atoms with Crippen molar-refractivity contribution in [3.63, 3.8) is 0 Å². The van der Waals surface area contributed by atoms with Gasteiger partial charge in [-0.15, -0.1) is 0 Å². The van der Waals surface area contributed by atoms with Gasteiger partial charge < -0.3 is 24.7 Å². The van der Waals surface area contributed by atoms with Gasteiger partial charge in [-0.1, -0.05) is 84.4 Å². The summed E-state index contributed by atoms with van der Waals surface area (Å²) in [4.78, 5) is 13.0. The highest BCUT2D eigenvalue weighted by Crippen LogP contribution is 2.45. The summed E-state index contributed by atoms with van der Waals surface area (Å²) in [6.07, 6.45) is 0.105. The number of nitriles is 1.